The first-order chi connectivity index (χ1) is 8.15. The normalized spacial score (nSPS) is 20.6. The number of nitrogens with one attached hydrogen (secondary N) is 1. The average Bonchev–Trinajstić information content (AvgIpc) is 2.30. The van der Waals surface area contributed by atoms with Crippen molar-refractivity contribution in [2.24, 2.45) is 5.92 Å². The molecule has 0 aromatic carbocycles. The van der Waals surface area contributed by atoms with Gasteiger partial charge in [-0.05, 0) is 24.9 Å². The molecule has 0 aromatic heterocycles. The number of nitrogens with zero attached hydrogens (tertiary/aromatic N) is 1. The van der Waals surface area contributed by atoms with Crippen LogP contribution in [0.1, 0.15) is 32.6 Å². The fourth-order valence-corrected chi connectivity index (χ4v) is 2.39. The summed E-state index contributed by atoms with van der Waals surface area (Å²) in [5.41, 5.74) is 0. The highest BCUT2D eigenvalue weighted by atomic mass is 32.2. The van der Waals surface area contributed by atoms with Crippen molar-refractivity contribution in [2.75, 3.05) is 25.1 Å². The Hall–Kier alpha value is -0.710. The van der Waals surface area contributed by atoms with Crippen LogP contribution in [0.15, 0.2) is 0 Å². The Morgan fingerprint density at radius 3 is 2.71 bits per heavy atom. The summed E-state index contributed by atoms with van der Waals surface area (Å²) in [6.07, 6.45) is 6.79. The van der Waals surface area contributed by atoms with Crippen LogP contribution in [0.25, 0.3) is 0 Å². The van der Waals surface area contributed by atoms with Crippen molar-refractivity contribution in [1.29, 1.82) is 0 Å². The standard InChI is InChI=1S/C12H22N2O2S/c1-10-9-14(12(16)13-11(10)15)7-5-3-4-6-8-17-2/h10H,3-9H2,1-2H3,(H,13,15,16). The van der Waals surface area contributed by atoms with Crippen LogP contribution in [-0.4, -0.2) is 41.9 Å². The van der Waals surface area contributed by atoms with Gasteiger partial charge < -0.3 is 4.90 Å². The third-order valence-electron chi connectivity index (χ3n) is 2.99. The number of rotatable bonds is 7. The van der Waals surface area contributed by atoms with Crippen molar-refractivity contribution < 1.29 is 9.59 Å². The Balaban J connectivity index is 2.14. The second-order valence-electron chi connectivity index (χ2n) is 4.55. The zero-order valence-electron chi connectivity index (χ0n) is 10.7. The number of hydrogen-bond donors (Lipinski definition) is 1. The number of thioether (sulfide) groups is 1. The molecule has 5 heteroatoms. The van der Waals surface area contributed by atoms with E-state index in [-0.39, 0.29) is 17.9 Å². The highest BCUT2D eigenvalue weighted by Crippen LogP contribution is 2.10. The maximum atomic E-state index is 11.5. The fourth-order valence-electron chi connectivity index (χ4n) is 1.90. The van der Waals surface area contributed by atoms with Gasteiger partial charge in [-0.1, -0.05) is 19.8 Å². The number of urea groups is 1. The summed E-state index contributed by atoms with van der Waals surface area (Å²) in [4.78, 5) is 24.5. The van der Waals surface area contributed by atoms with E-state index in [1.807, 2.05) is 18.7 Å². The molecule has 0 aromatic rings. The number of amides is 3. The molecule has 4 nitrogen and oxygen atoms in total. The lowest BCUT2D eigenvalue weighted by Gasteiger charge is -2.30. The highest BCUT2D eigenvalue weighted by Gasteiger charge is 2.28. The van der Waals surface area contributed by atoms with Gasteiger partial charge in [-0.3, -0.25) is 10.1 Å². The lowest BCUT2D eigenvalue weighted by atomic mass is 10.1. The van der Waals surface area contributed by atoms with Gasteiger partial charge in [0.15, 0.2) is 0 Å². The van der Waals surface area contributed by atoms with Gasteiger partial charge in [0.05, 0.1) is 5.92 Å². The highest BCUT2D eigenvalue weighted by molar-refractivity contribution is 7.98. The zero-order chi connectivity index (χ0) is 12.7. The topological polar surface area (TPSA) is 49.4 Å². The molecule has 1 saturated heterocycles. The van der Waals surface area contributed by atoms with Crippen LogP contribution in [-0.2, 0) is 4.79 Å². The van der Waals surface area contributed by atoms with Gasteiger partial charge in [0, 0.05) is 13.1 Å². The summed E-state index contributed by atoms with van der Waals surface area (Å²) in [6, 6.07) is -0.225. The summed E-state index contributed by atoms with van der Waals surface area (Å²) >= 11 is 1.88. The smallest absolute Gasteiger partial charge is 0.324 e. The molecule has 1 aliphatic rings. The number of carbonyl (C=O) groups excluding carboxylic acids is 2. The van der Waals surface area contributed by atoms with E-state index in [1.54, 1.807) is 4.90 Å². The molecule has 0 saturated carbocycles. The molecular formula is C12H22N2O2S. The Bertz CT molecular complexity index is 271. The second kappa shape index (κ2) is 7.58. The molecule has 1 atom stereocenters. The van der Waals surface area contributed by atoms with Gasteiger partial charge in [-0.2, -0.15) is 11.8 Å². The second-order valence-corrected chi connectivity index (χ2v) is 5.53. The summed E-state index contributed by atoms with van der Waals surface area (Å²) in [5.74, 6) is 0.992. The number of unbranched alkanes of at least 4 members (excludes halogenated alkanes) is 3. The molecule has 1 heterocycles. The van der Waals surface area contributed by atoms with Gasteiger partial charge in [-0.25, -0.2) is 4.79 Å². The Morgan fingerprint density at radius 1 is 1.29 bits per heavy atom. The molecule has 0 aliphatic carbocycles. The molecule has 3 amide bonds. The third-order valence-corrected chi connectivity index (χ3v) is 3.68. The zero-order valence-corrected chi connectivity index (χ0v) is 11.5. The molecule has 98 valence electrons. The number of imide groups is 1. The van der Waals surface area contributed by atoms with Crippen molar-refractivity contribution in [3.05, 3.63) is 0 Å². The molecule has 1 fully saturated rings. The van der Waals surface area contributed by atoms with Gasteiger partial charge in [-0.15, -0.1) is 0 Å². The predicted molar refractivity (Wildman–Crippen MR) is 71.1 cm³/mol. The molecule has 1 rings (SSSR count). The van der Waals surface area contributed by atoms with Crippen LogP contribution in [0.5, 0.6) is 0 Å². The van der Waals surface area contributed by atoms with E-state index in [9.17, 15) is 9.59 Å². The minimum absolute atomic E-state index is 0.0795. The minimum Gasteiger partial charge on any atom is -0.324 e. The van der Waals surface area contributed by atoms with Crippen LogP contribution in [0.3, 0.4) is 0 Å². The molecule has 0 bridgehead atoms. The summed E-state index contributed by atoms with van der Waals surface area (Å²) in [6.45, 7) is 3.19. The number of carbonyl (C=O) groups is 2. The van der Waals surface area contributed by atoms with Gasteiger partial charge in [0.25, 0.3) is 0 Å². The quantitative estimate of drug-likeness (QED) is 0.711. The average molecular weight is 258 g/mol. The lowest BCUT2D eigenvalue weighted by Crippen LogP contribution is -2.53. The van der Waals surface area contributed by atoms with Crippen LogP contribution < -0.4 is 5.32 Å². The summed E-state index contributed by atoms with van der Waals surface area (Å²) in [5, 5.41) is 2.39. The molecule has 1 N–H and O–H groups in total. The monoisotopic (exact) mass is 258 g/mol. The van der Waals surface area contributed by atoms with Gasteiger partial charge in [0.1, 0.15) is 0 Å². The van der Waals surface area contributed by atoms with Crippen LogP contribution in [0.2, 0.25) is 0 Å². The maximum absolute atomic E-state index is 11.5. The molecule has 1 unspecified atom stereocenters. The van der Waals surface area contributed by atoms with E-state index in [1.165, 1.54) is 18.6 Å². The van der Waals surface area contributed by atoms with Crippen LogP contribution in [0, 0.1) is 5.92 Å². The first-order valence-electron chi connectivity index (χ1n) is 6.24. The first kappa shape index (κ1) is 14.4. The summed E-state index contributed by atoms with van der Waals surface area (Å²) in [7, 11) is 0. The Labute approximate surface area is 108 Å². The molecule has 17 heavy (non-hydrogen) atoms. The largest absolute Gasteiger partial charge is 0.324 e. The van der Waals surface area contributed by atoms with Gasteiger partial charge >= 0.3 is 6.03 Å². The first-order valence-corrected chi connectivity index (χ1v) is 7.63. The van der Waals surface area contributed by atoms with Crippen molar-refractivity contribution >= 4 is 23.7 Å². The number of hydrogen-bond acceptors (Lipinski definition) is 3. The summed E-state index contributed by atoms with van der Waals surface area (Å²) < 4.78 is 0. The van der Waals surface area contributed by atoms with Gasteiger partial charge in [0.2, 0.25) is 5.91 Å². The molecule has 0 radical (unpaired) electrons. The fraction of sp³-hybridized carbons (Fsp3) is 0.833. The van der Waals surface area contributed by atoms with Crippen molar-refractivity contribution in [3.8, 4) is 0 Å². The molecule has 0 spiro atoms. The van der Waals surface area contributed by atoms with Crippen molar-refractivity contribution in [1.82, 2.24) is 10.2 Å². The SMILES string of the molecule is CSCCCCCCN1CC(C)C(=O)NC1=O. The third kappa shape index (κ3) is 4.98. The lowest BCUT2D eigenvalue weighted by molar-refractivity contribution is -0.125. The van der Waals surface area contributed by atoms with E-state index in [4.69, 9.17) is 0 Å². The van der Waals surface area contributed by atoms with E-state index < -0.39 is 0 Å². The molecular weight excluding hydrogens is 236 g/mol. The van der Waals surface area contributed by atoms with Crippen molar-refractivity contribution in [3.63, 3.8) is 0 Å². The molecule has 1 aliphatic heterocycles. The van der Waals surface area contributed by atoms with E-state index in [0.29, 0.717) is 6.54 Å². The Kier molecular flexibility index (Phi) is 6.40. The van der Waals surface area contributed by atoms with Crippen molar-refractivity contribution in [2.45, 2.75) is 32.6 Å². The van der Waals surface area contributed by atoms with E-state index >= 15 is 0 Å². The van der Waals surface area contributed by atoms with Crippen LogP contribution in [0.4, 0.5) is 4.79 Å². The predicted octanol–water partition coefficient (Wildman–Crippen LogP) is 2.10. The minimum atomic E-state index is -0.225. The van der Waals surface area contributed by atoms with Crippen LogP contribution >= 0.6 is 11.8 Å². The van der Waals surface area contributed by atoms with E-state index in [2.05, 4.69) is 11.6 Å². The van der Waals surface area contributed by atoms with E-state index in [0.717, 1.165) is 19.4 Å². The maximum Gasteiger partial charge on any atom is 0.324 e. The Morgan fingerprint density at radius 2 is 2.00 bits per heavy atom.